The number of nitrogens with zero attached hydrogens (tertiary/aromatic N) is 1. The second-order valence-corrected chi connectivity index (χ2v) is 4.37. The number of nitrogens with one attached hydrogen (secondary N) is 2. The van der Waals surface area contributed by atoms with E-state index in [9.17, 15) is 0 Å². The van der Waals surface area contributed by atoms with Gasteiger partial charge in [-0.3, -0.25) is 4.99 Å². The van der Waals surface area contributed by atoms with Gasteiger partial charge in [-0.15, -0.1) is 17.8 Å². The van der Waals surface area contributed by atoms with Gasteiger partial charge in [0.25, 0.3) is 0 Å². The molecule has 0 amide bonds. The molecule has 1 heterocycles. The molecule has 0 fully saturated rings. The maximum absolute atomic E-state index is 5.15. The zero-order chi connectivity index (χ0) is 11.1. The highest BCUT2D eigenvalue weighted by atomic mass is 32.1. The molecule has 0 aliphatic carbocycles. The van der Waals surface area contributed by atoms with Crippen molar-refractivity contribution in [3.8, 4) is 12.3 Å². The first kappa shape index (κ1) is 11.6. The van der Waals surface area contributed by atoms with E-state index < -0.39 is 0 Å². The van der Waals surface area contributed by atoms with Crippen molar-refractivity contribution in [2.45, 2.75) is 13.5 Å². The smallest absolute Gasteiger partial charge is 0.192 e. The molecule has 4 heteroatoms. The van der Waals surface area contributed by atoms with Gasteiger partial charge in [-0.25, -0.2) is 0 Å². The number of aliphatic imine (C=N–C) groups is 1. The Morgan fingerprint density at radius 3 is 2.87 bits per heavy atom. The van der Waals surface area contributed by atoms with Crippen molar-refractivity contribution in [3.05, 3.63) is 21.9 Å². The van der Waals surface area contributed by atoms with Gasteiger partial charge in [0, 0.05) is 16.8 Å². The zero-order valence-corrected chi connectivity index (χ0v) is 9.82. The fraction of sp³-hybridized carbons (Fsp3) is 0.364. The monoisotopic (exact) mass is 221 g/mol. The van der Waals surface area contributed by atoms with Crippen LogP contribution in [0.15, 0.2) is 17.1 Å². The number of guanidine groups is 1. The van der Waals surface area contributed by atoms with Crippen LogP contribution in [0.2, 0.25) is 0 Å². The molecular weight excluding hydrogens is 206 g/mol. The van der Waals surface area contributed by atoms with Crippen LogP contribution in [-0.4, -0.2) is 19.6 Å². The average molecular weight is 221 g/mol. The zero-order valence-electron chi connectivity index (χ0n) is 9.00. The quantitative estimate of drug-likeness (QED) is 0.459. The molecule has 0 aromatic carbocycles. The Hall–Kier alpha value is -1.47. The molecule has 1 rings (SSSR count). The van der Waals surface area contributed by atoms with Crippen molar-refractivity contribution in [1.82, 2.24) is 10.6 Å². The summed E-state index contributed by atoms with van der Waals surface area (Å²) < 4.78 is 0. The number of terminal acetylenes is 1. The van der Waals surface area contributed by atoms with Crippen LogP contribution in [0.1, 0.15) is 9.75 Å². The van der Waals surface area contributed by atoms with Crippen LogP contribution >= 0.6 is 11.3 Å². The summed E-state index contributed by atoms with van der Waals surface area (Å²) in [4.78, 5) is 6.66. The Kier molecular flexibility index (Phi) is 4.72. The molecule has 0 saturated heterocycles. The number of thiophene rings is 1. The van der Waals surface area contributed by atoms with E-state index in [1.54, 1.807) is 18.4 Å². The predicted octanol–water partition coefficient (Wildman–Crippen LogP) is 1.35. The lowest BCUT2D eigenvalue weighted by molar-refractivity contribution is 0.863. The molecule has 0 saturated carbocycles. The molecule has 0 aliphatic rings. The molecule has 0 spiro atoms. The number of aryl methyl sites for hydroxylation is 1. The first-order valence-electron chi connectivity index (χ1n) is 4.69. The molecule has 0 unspecified atom stereocenters. The molecule has 1 aromatic rings. The van der Waals surface area contributed by atoms with Crippen LogP contribution < -0.4 is 10.6 Å². The van der Waals surface area contributed by atoms with E-state index in [0.29, 0.717) is 6.54 Å². The molecule has 80 valence electrons. The van der Waals surface area contributed by atoms with Gasteiger partial charge in [0.15, 0.2) is 5.96 Å². The second-order valence-electron chi connectivity index (χ2n) is 3.00. The van der Waals surface area contributed by atoms with E-state index in [1.807, 2.05) is 0 Å². The molecule has 0 radical (unpaired) electrons. The fourth-order valence-corrected chi connectivity index (χ4v) is 1.94. The van der Waals surface area contributed by atoms with Crippen LogP contribution in [0, 0.1) is 19.3 Å². The maximum atomic E-state index is 5.15. The van der Waals surface area contributed by atoms with E-state index in [0.717, 1.165) is 12.5 Å². The van der Waals surface area contributed by atoms with Crippen LogP contribution in [0.4, 0.5) is 0 Å². The highest BCUT2D eigenvalue weighted by Gasteiger charge is 1.98. The number of rotatable bonds is 3. The molecule has 15 heavy (non-hydrogen) atoms. The van der Waals surface area contributed by atoms with Gasteiger partial charge in [0.05, 0.1) is 13.1 Å². The summed E-state index contributed by atoms with van der Waals surface area (Å²) in [5.41, 5.74) is 0. The Labute approximate surface area is 94.6 Å². The van der Waals surface area contributed by atoms with Gasteiger partial charge < -0.3 is 10.6 Å². The number of hydrogen-bond acceptors (Lipinski definition) is 2. The Balaban J connectivity index is 2.38. The SMILES string of the molecule is C#CCNC(=NC)NCc1ccc(C)s1. The van der Waals surface area contributed by atoms with E-state index in [2.05, 4.69) is 40.6 Å². The first-order valence-corrected chi connectivity index (χ1v) is 5.51. The summed E-state index contributed by atoms with van der Waals surface area (Å²) in [5, 5.41) is 6.19. The number of hydrogen-bond donors (Lipinski definition) is 2. The van der Waals surface area contributed by atoms with Crippen molar-refractivity contribution < 1.29 is 0 Å². The van der Waals surface area contributed by atoms with Gasteiger partial charge in [-0.05, 0) is 19.1 Å². The first-order chi connectivity index (χ1) is 7.26. The van der Waals surface area contributed by atoms with Crippen molar-refractivity contribution in [2.24, 2.45) is 4.99 Å². The van der Waals surface area contributed by atoms with E-state index >= 15 is 0 Å². The minimum atomic E-state index is 0.489. The maximum Gasteiger partial charge on any atom is 0.192 e. The van der Waals surface area contributed by atoms with Crippen molar-refractivity contribution in [3.63, 3.8) is 0 Å². The topological polar surface area (TPSA) is 36.4 Å². The van der Waals surface area contributed by atoms with Crippen LogP contribution in [0.5, 0.6) is 0 Å². The largest absolute Gasteiger partial charge is 0.352 e. The molecule has 2 N–H and O–H groups in total. The van der Waals surface area contributed by atoms with Gasteiger partial charge in [-0.2, -0.15) is 0 Å². The van der Waals surface area contributed by atoms with E-state index in [1.165, 1.54) is 9.75 Å². The lowest BCUT2D eigenvalue weighted by Crippen LogP contribution is -2.36. The molecule has 0 bridgehead atoms. The van der Waals surface area contributed by atoms with Crippen molar-refractivity contribution in [1.29, 1.82) is 0 Å². The third kappa shape index (κ3) is 4.05. The normalized spacial score (nSPS) is 10.9. The summed E-state index contributed by atoms with van der Waals surface area (Å²) in [6, 6.07) is 4.22. The second kappa shape index (κ2) is 6.10. The predicted molar refractivity (Wildman–Crippen MR) is 66.1 cm³/mol. The molecular formula is C11H15N3S. The summed E-state index contributed by atoms with van der Waals surface area (Å²) in [6.07, 6.45) is 5.15. The van der Waals surface area contributed by atoms with Crippen LogP contribution in [0.25, 0.3) is 0 Å². The van der Waals surface area contributed by atoms with Gasteiger partial charge in [0.2, 0.25) is 0 Å². The molecule has 0 aliphatic heterocycles. The minimum Gasteiger partial charge on any atom is -0.352 e. The van der Waals surface area contributed by atoms with Gasteiger partial charge >= 0.3 is 0 Å². The lowest BCUT2D eigenvalue weighted by atomic mass is 10.4. The van der Waals surface area contributed by atoms with E-state index in [4.69, 9.17) is 6.42 Å². The van der Waals surface area contributed by atoms with Crippen LogP contribution in [0.3, 0.4) is 0 Å². The third-order valence-corrected chi connectivity index (χ3v) is 2.81. The summed E-state index contributed by atoms with van der Waals surface area (Å²) in [6.45, 7) is 3.37. The van der Waals surface area contributed by atoms with Gasteiger partial charge in [0.1, 0.15) is 0 Å². The lowest BCUT2D eigenvalue weighted by Gasteiger charge is -2.08. The Morgan fingerprint density at radius 1 is 1.53 bits per heavy atom. The minimum absolute atomic E-state index is 0.489. The standard InChI is InChI=1S/C11H15N3S/c1-4-7-13-11(12-3)14-8-10-6-5-9(2)15-10/h1,5-6H,7-8H2,2-3H3,(H2,12,13,14). The molecule has 0 atom stereocenters. The summed E-state index contributed by atoms with van der Waals surface area (Å²) in [7, 11) is 1.73. The highest BCUT2D eigenvalue weighted by Crippen LogP contribution is 2.14. The Morgan fingerprint density at radius 2 is 2.33 bits per heavy atom. The highest BCUT2D eigenvalue weighted by molar-refractivity contribution is 7.11. The third-order valence-electron chi connectivity index (χ3n) is 1.81. The van der Waals surface area contributed by atoms with E-state index in [-0.39, 0.29) is 0 Å². The van der Waals surface area contributed by atoms with Gasteiger partial charge in [-0.1, -0.05) is 5.92 Å². The fourth-order valence-electron chi connectivity index (χ4n) is 1.11. The summed E-state index contributed by atoms with van der Waals surface area (Å²) in [5.74, 6) is 3.24. The summed E-state index contributed by atoms with van der Waals surface area (Å²) >= 11 is 1.78. The molecule has 3 nitrogen and oxygen atoms in total. The van der Waals surface area contributed by atoms with Crippen molar-refractivity contribution >= 4 is 17.3 Å². The van der Waals surface area contributed by atoms with Crippen molar-refractivity contribution in [2.75, 3.05) is 13.6 Å². The molecule has 1 aromatic heterocycles. The Bertz CT molecular complexity index is 373. The van der Waals surface area contributed by atoms with Crippen LogP contribution in [-0.2, 0) is 6.54 Å². The average Bonchev–Trinajstić information content (AvgIpc) is 2.65.